The highest BCUT2D eigenvalue weighted by Crippen LogP contribution is 2.47. The first-order valence-electron chi connectivity index (χ1n) is 5.67. The Morgan fingerprint density at radius 2 is 1.94 bits per heavy atom. The summed E-state index contributed by atoms with van der Waals surface area (Å²) in [4.78, 5) is 0. The Morgan fingerprint density at radius 3 is 2.44 bits per heavy atom. The van der Waals surface area contributed by atoms with Crippen LogP contribution in [0.4, 0.5) is 8.78 Å². The summed E-state index contributed by atoms with van der Waals surface area (Å²) in [7, 11) is 1.83. The van der Waals surface area contributed by atoms with Gasteiger partial charge < -0.3 is 5.32 Å². The minimum atomic E-state index is -0.472. The summed E-state index contributed by atoms with van der Waals surface area (Å²) in [6.07, 6.45) is 1.11. The van der Waals surface area contributed by atoms with Gasteiger partial charge in [-0.25, -0.2) is 8.78 Å². The molecule has 1 aliphatic carbocycles. The van der Waals surface area contributed by atoms with Crippen molar-refractivity contribution in [1.82, 2.24) is 5.32 Å². The summed E-state index contributed by atoms with van der Waals surface area (Å²) in [6, 6.07) is 2.62. The second-order valence-corrected chi connectivity index (χ2v) is 4.77. The number of hydrogen-bond acceptors (Lipinski definition) is 1. The Labute approximate surface area is 94.9 Å². The first-order chi connectivity index (χ1) is 7.54. The van der Waals surface area contributed by atoms with E-state index >= 15 is 0 Å². The summed E-state index contributed by atoms with van der Waals surface area (Å²) in [5, 5.41) is 3.14. The van der Waals surface area contributed by atoms with E-state index in [1.165, 1.54) is 0 Å². The predicted molar refractivity (Wildman–Crippen MR) is 60.2 cm³/mol. The van der Waals surface area contributed by atoms with Crippen LogP contribution >= 0.6 is 0 Å². The van der Waals surface area contributed by atoms with E-state index in [0.29, 0.717) is 23.0 Å². The molecule has 3 heteroatoms. The molecule has 1 aliphatic rings. The third-order valence-electron chi connectivity index (χ3n) is 3.52. The van der Waals surface area contributed by atoms with Crippen LogP contribution in [0.5, 0.6) is 0 Å². The zero-order valence-corrected chi connectivity index (χ0v) is 9.85. The van der Waals surface area contributed by atoms with E-state index in [-0.39, 0.29) is 6.04 Å². The number of hydrogen-bond donors (Lipinski definition) is 1. The number of nitrogens with one attached hydrogen (secondary N) is 1. The predicted octanol–water partition coefficient (Wildman–Crippen LogP) is 3.19. The summed E-state index contributed by atoms with van der Waals surface area (Å²) in [6.45, 7) is 3.82. The van der Waals surface area contributed by atoms with Crippen LogP contribution in [0.15, 0.2) is 12.1 Å². The zero-order valence-electron chi connectivity index (χ0n) is 9.85. The maximum atomic E-state index is 13.7. The highest BCUT2D eigenvalue weighted by atomic mass is 19.1. The monoisotopic (exact) mass is 225 g/mol. The second kappa shape index (κ2) is 4.13. The third-order valence-corrected chi connectivity index (χ3v) is 3.52. The molecule has 1 aromatic rings. The lowest BCUT2D eigenvalue weighted by molar-refractivity contribution is 0.469. The molecule has 0 spiro atoms. The van der Waals surface area contributed by atoms with Gasteiger partial charge in [-0.15, -0.1) is 0 Å². The summed E-state index contributed by atoms with van der Waals surface area (Å²) < 4.78 is 26.9. The molecule has 1 N–H and O–H groups in total. The van der Waals surface area contributed by atoms with Gasteiger partial charge in [0.1, 0.15) is 11.6 Å². The molecule has 1 fully saturated rings. The molecular formula is C13H17F2N. The maximum Gasteiger partial charge on any atom is 0.130 e. The zero-order chi connectivity index (χ0) is 11.9. The van der Waals surface area contributed by atoms with Gasteiger partial charge in [0, 0.05) is 17.7 Å². The number of halogens is 2. The molecule has 3 atom stereocenters. The Hall–Kier alpha value is -0.960. The fourth-order valence-electron chi connectivity index (χ4n) is 2.33. The van der Waals surface area contributed by atoms with E-state index in [1.807, 2.05) is 7.05 Å². The summed E-state index contributed by atoms with van der Waals surface area (Å²) in [5.41, 5.74) is 1.10. The molecular weight excluding hydrogens is 208 g/mol. The fourth-order valence-corrected chi connectivity index (χ4v) is 2.33. The van der Waals surface area contributed by atoms with Crippen LogP contribution in [0, 0.1) is 30.4 Å². The molecule has 0 aliphatic heterocycles. The highest BCUT2D eigenvalue weighted by molar-refractivity contribution is 5.29. The van der Waals surface area contributed by atoms with E-state index in [9.17, 15) is 8.78 Å². The van der Waals surface area contributed by atoms with Crippen molar-refractivity contribution < 1.29 is 8.78 Å². The van der Waals surface area contributed by atoms with E-state index in [2.05, 4.69) is 12.2 Å². The molecule has 0 bridgehead atoms. The molecule has 0 saturated heterocycles. The maximum absolute atomic E-state index is 13.7. The number of aryl methyl sites for hydroxylation is 1. The van der Waals surface area contributed by atoms with Gasteiger partial charge in [0.2, 0.25) is 0 Å². The van der Waals surface area contributed by atoms with Crippen LogP contribution < -0.4 is 5.32 Å². The molecule has 0 radical (unpaired) electrons. The lowest BCUT2D eigenvalue weighted by atomic mass is 9.98. The Kier molecular flexibility index (Phi) is 2.98. The molecule has 1 nitrogen and oxygen atoms in total. The molecule has 16 heavy (non-hydrogen) atoms. The van der Waals surface area contributed by atoms with Crippen LogP contribution in [0.1, 0.15) is 30.5 Å². The van der Waals surface area contributed by atoms with Crippen molar-refractivity contribution in [3.63, 3.8) is 0 Å². The van der Waals surface area contributed by atoms with Gasteiger partial charge in [-0.3, -0.25) is 0 Å². The van der Waals surface area contributed by atoms with Gasteiger partial charge in [-0.1, -0.05) is 6.92 Å². The van der Waals surface area contributed by atoms with Crippen molar-refractivity contribution in [2.45, 2.75) is 26.3 Å². The topological polar surface area (TPSA) is 12.0 Å². The van der Waals surface area contributed by atoms with E-state index in [1.54, 1.807) is 13.0 Å². The van der Waals surface area contributed by atoms with E-state index < -0.39 is 11.6 Å². The average Bonchev–Trinajstić information content (AvgIpc) is 2.92. The van der Waals surface area contributed by atoms with Gasteiger partial charge in [-0.05, 0) is 43.9 Å². The molecule has 3 unspecified atom stereocenters. The first kappa shape index (κ1) is 11.5. The third kappa shape index (κ3) is 1.96. The number of benzene rings is 1. The summed E-state index contributed by atoms with van der Waals surface area (Å²) in [5.74, 6) is 0.188. The van der Waals surface area contributed by atoms with Crippen molar-refractivity contribution in [1.29, 1.82) is 0 Å². The van der Waals surface area contributed by atoms with Crippen LogP contribution in [0.25, 0.3) is 0 Å². The largest absolute Gasteiger partial charge is 0.313 e. The van der Waals surface area contributed by atoms with Crippen LogP contribution in [-0.2, 0) is 0 Å². The van der Waals surface area contributed by atoms with Gasteiger partial charge in [-0.2, -0.15) is 0 Å². The second-order valence-electron chi connectivity index (χ2n) is 4.77. The van der Waals surface area contributed by atoms with Gasteiger partial charge in [0.25, 0.3) is 0 Å². The van der Waals surface area contributed by atoms with Gasteiger partial charge >= 0.3 is 0 Å². The molecule has 0 heterocycles. The quantitative estimate of drug-likeness (QED) is 0.833. The molecule has 1 aromatic carbocycles. The van der Waals surface area contributed by atoms with Crippen molar-refractivity contribution in [3.8, 4) is 0 Å². The molecule has 88 valence electrons. The average molecular weight is 225 g/mol. The lowest BCUT2D eigenvalue weighted by Crippen LogP contribution is -2.20. The Morgan fingerprint density at radius 1 is 1.31 bits per heavy atom. The minimum absolute atomic E-state index is 0.00861. The van der Waals surface area contributed by atoms with Crippen molar-refractivity contribution in [2.75, 3.05) is 7.05 Å². The highest BCUT2D eigenvalue weighted by Gasteiger charge is 2.40. The SMILES string of the molecule is CNC(c1cc(C)c(F)cc1F)C1CC1C. The molecule has 1 saturated carbocycles. The van der Waals surface area contributed by atoms with Crippen molar-refractivity contribution >= 4 is 0 Å². The van der Waals surface area contributed by atoms with Crippen LogP contribution in [0.3, 0.4) is 0 Å². The van der Waals surface area contributed by atoms with Crippen molar-refractivity contribution in [2.24, 2.45) is 11.8 Å². The summed E-state index contributed by atoms with van der Waals surface area (Å²) >= 11 is 0. The molecule has 0 aromatic heterocycles. The number of rotatable bonds is 3. The Bertz CT molecular complexity index is 403. The van der Waals surface area contributed by atoms with Crippen LogP contribution in [-0.4, -0.2) is 7.05 Å². The normalized spacial score (nSPS) is 25.6. The first-order valence-corrected chi connectivity index (χ1v) is 5.67. The standard InChI is InChI=1S/C13H17F2N/c1-7-4-9(7)13(16-3)10-5-8(2)11(14)6-12(10)15/h5-7,9,13,16H,4H2,1-3H3. The van der Waals surface area contributed by atoms with Gasteiger partial charge in [0.05, 0.1) is 0 Å². The molecule has 2 rings (SSSR count). The smallest absolute Gasteiger partial charge is 0.130 e. The van der Waals surface area contributed by atoms with Gasteiger partial charge in [0.15, 0.2) is 0 Å². The van der Waals surface area contributed by atoms with Crippen molar-refractivity contribution in [3.05, 3.63) is 34.9 Å². The lowest BCUT2D eigenvalue weighted by Gasteiger charge is -2.18. The Balaban J connectivity index is 2.34. The van der Waals surface area contributed by atoms with E-state index in [4.69, 9.17) is 0 Å². The fraction of sp³-hybridized carbons (Fsp3) is 0.538. The van der Waals surface area contributed by atoms with Crippen LogP contribution in [0.2, 0.25) is 0 Å². The minimum Gasteiger partial charge on any atom is -0.313 e. The van der Waals surface area contributed by atoms with E-state index in [0.717, 1.165) is 12.5 Å². The molecule has 0 amide bonds.